The van der Waals surface area contributed by atoms with Crippen molar-refractivity contribution in [1.29, 1.82) is 0 Å². The fraction of sp³-hybridized carbons (Fsp3) is 1.00. The van der Waals surface area contributed by atoms with Crippen molar-refractivity contribution < 1.29 is 0 Å². The minimum Gasteiger partial charge on any atom is -0.155 e. The average molecular weight is 311 g/mol. The van der Waals surface area contributed by atoms with Crippen molar-refractivity contribution in [1.82, 2.24) is 0 Å². The minimum atomic E-state index is 0.883. The summed E-state index contributed by atoms with van der Waals surface area (Å²) in [6.07, 6.45) is 15.0. The van der Waals surface area contributed by atoms with Gasteiger partial charge in [-0.15, -0.1) is 0 Å². The average Bonchev–Trinajstić information content (AvgIpc) is 2.42. The Morgan fingerprint density at radius 1 is 0.667 bits per heavy atom. The molecule has 2 aliphatic carbocycles. The molecule has 0 aromatic carbocycles. The number of rotatable bonds is 6. The molecule has 0 aromatic heterocycles. The van der Waals surface area contributed by atoms with E-state index in [2.05, 4.69) is 39.5 Å². The van der Waals surface area contributed by atoms with Gasteiger partial charge in [-0.1, -0.05) is 53.4 Å². The van der Waals surface area contributed by atoms with Gasteiger partial charge in [-0.25, -0.2) is 0 Å². The van der Waals surface area contributed by atoms with Crippen LogP contribution in [0.3, 0.4) is 0 Å². The van der Waals surface area contributed by atoms with Crippen LogP contribution in [-0.4, -0.2) is 10.5 Å². The molecule has 0 spiro atoms. The molecule has 0 saturated heterocycles. The monoisotopic (exact) mass is 310 g/mol. The van der Waals surface area contributed by atoms with Crippen LogP contribution in [0.5, 0.6) is 0 Å². The van der Waals surface area contributed by atoms with Crippen LogP contribution in [0.25, 0.3) is 0 Å². The van der Waals surface area contributed by atoms with E-state index in [0.29, 0.717) is 0 Å². The van der Waals surface area contributed by atoms with E-state index < -0.39 is 0 Å². The normalized spacial score (nSPS) is 34.6. The molecule has 0 bridgehead atoms. The molecule has 4 unspecified atom stereocenters. The van der Waals surface area contributed by atoms with Crippen LogP contribution >= 0.6 is 11.8 Å². The fourth-order valence-electron chi connectivity index (χ4n) is 4.68. The van der Waals surface area contributed by atoms with Crippen LogP contribution in [-0.2, 0) is 0 Å². The van der Waals surface area contributed by atoms with Crippen LogP contribution in [0, 0.1) is 23.7 Å². The summed E-state index contributed by atoms with van der Waals surface area (Å²) in [5, 5.41) is 1.97. The predicted molar refractivity (Wildman–Crippen MR) is 98.0 cm³/mol. The second kappa shape index (κ2) is 8.85. The zero-order valence-corrected chi connectivity index (χ0v) is 15.8. The molecule has 4 atom stereocenters. The maximum absolute atomic E-state index is 2.44. The fourth-order valence-corrected chi connectivity index (χ4v) is 6.67. The van der Waals surface area contributed by atoms with E-state index in [9.17, 15) is 0 Å². The number of hydrogen-bond donors (Lipinski definition) is 0. The molecule has 0 aliphatic heterocycles. The first-order chi connectivity index (χ1) is 10.1. The number of hydrogen-bond acceptors (Lipinski definition) is 1. The molecule has 1 heteroatoms. The summed E-state index contributed by atoms with van der Waals surface area (Å²) in [6.45, 7) is 9.66. The van der Waals surface area contributed by atoms with Crippen molar-refractivity contribution in [3.8, 4) is 0 Å². The molecule has 2 aliphatic rings. The van der Waals surface area contributed by atoms with Gasteiger partial charge in [0, 0.05) is 10.5 Å². The Kier molecular flexibility index (Phi) is 7.46. The highest BCUT2D eigenvalue weighted by Crippen LogP contribution is 2.45. The van der Waals surface area contributed by atoms with E-state index in [0.717, 1.165) is 34.2 Å². The Bertz CT molecular complexity index is 256. The van der Waals surface area contributed by atoms with E-state index in [1.54, 1.807) is 0 Å². The Balaban J connectivity index is 1.92. The molecule has 0 aromatic rings. The van der Waals surface area contributed by atoms with E-state index in [-0.39, 0.29) is 0 Å². The first-order valence-corrected chi connectivity index (χ1v) is 10.7. The summed E-state index contributed by atoms with van der Waals surface area (Å²) in [7, 11) is 0. The molecule has 2 fully saturated rings. The van der Waals surface area contributed by atoms with E-state index >= 15 is 0 Å². The summed E-state index contributed by atoms with van der Waals surface area (Å²) in [5.41, 5.74) is 0. The van der Waals surface area contributed by atoms with Crippen LogP contribution in [0.2, 0.25) is 0 Å². The summed E-state index contributed by atoms with van der Waals surface area (Å²) in [6, 6.07) is 0. The molecule has 2 rings (SSSR count). The lowest BCUT2D eigenvalue weighted by Crippen LogP contribution is -2.30. The highest BCUT2D eigenvalue weighted by atomic mass is 32.2. The lowest BCUT2D eigenvalue weighted by atomic mass is 9.82. The molecule has 0 N–H and O–H groups in total. The maximum Gasteiger partial charge on any atom is 0.00783 e. The summed E-state index contributed by atoms with van der Waals surface area (Å²) in [5.74, 6) is 3.80. The van der Waals surface area contributed by atoms with Gasteiger partial charge in [0.25, 0.3) is 0 Å². The van der Waals surface area contributed by atoms with Gasteiger partial charge in [0.2, 0.25) is 0 Å². The number of thioether (sulfide) groups is 1. The Morgan fingerprint density at radius 3 is 1.43 bits per heavy atom. The second-order valence-corrected chi connectivity index (χ2v) is 10.0. The molecular weight excluding hydrogens is 272 g/mol. The van der Waals surface area contributed by atoms with Gasteiger partial charge in [0.15, 0.2) is 0 Å². The van der Waals surface area contributed by atoms with Crippen LogP contribution in [0.15, 0.2) is 0 Å². The van der Waals surface area contributed by atoms with Gasteiger partial charge >= 0.3 is 0 Å². The van der Waals surface area contributed by atoms with Crippen molar-refractivity contribution in [3.63, 3.8) is 0 Å². The molecular formula is C20H38S. The predicted octanol–water partition coefficient (Wildman–Crippen LogP) is 6.93. The smallest absolute Gasteiger partial charge is 0.00783 e. The lowest BCUT2D eigenvalue weighted by Gasteiger charge is -2.39. The molecule has 0 amide bonds. The standard InChI is InChI=1S/C20H38S/c1-15(2)13-17-9-5-7-11-19(17)21-20-12-8-6-10-18(20)14-16(3)4/h15-20H,5-14H2,1-4H3. The quantitative estimate of drug-likeness (QED) is 0.512. The lowest BCUT2D eigenvalue weighted by molar-refractivity contribution is 0.299. The minimum absolute atomic E-state index is 0.883. The van der Waals surface area contributed by atoms with Crippen molar-refractivity contribution in [3.05, 3.63) is 0 Å². The maximum atomic E-state index is 2.44. The first-order valence-electron chi connectivity index (χ1n) is 9.71. The summed E-state index contributed by atoms with van der Waals surface area (Å²) >= 11 is 2.44. The van der Waals surface area contributed by atoms with Gasteiger partial charge in [0.1, 0.15) is 0 Å². The summed E-state index contributed by atoms with van der Waals surface area (Å²) in [4.78, 5) is 0. The first kappa shape index (κ1) is 17.7. The van der Waals surface area contributed by atoms with Gasteiger partial charge in [-0.2, -0.15) is 11.8 Å². The third-order valence-electron chi connectivity index (χ3n) is 5.58. The van der Waals surface area contributed by atoms with Crippen LogP contribution in [0.4, 0.5) is 0 Å². The molecule has 0 radical (unpaired) electrons. The third-order valence-corrected chi connectivity index (χ3v) is 7.52. The Morgan fingerprint density at radius 2 is 1.05 bits per heavy atom. The zero-order chi connectivity index (χ0) is 15.2. The molecule has 21 heavy (non-hydrogen) atoms. The van der Waals surface area contributed by atoms with Crippen LogP contribution < -0.4 is 0 Å². The van der Waals surface area contributed by atoms with E-state index in [1.807, 2.05) is 0 Å². The van der Waals surface area contributed by atoms with E-state index in [4.69, 9.17) is 0 Å². The van der Waals surface area contributed by atoms with Crippen molar-refractivity contribution in [2.75, 3.05) is 0 Å². The van der Waals surface area contributed by atoms with Crippen molar-refractivity contribution >= 4 is 11.8 Å². The second-order valence-electron chi connectivity index (χ2n) is 8.56. The van der Waals surface area contributed by atoms with Gasteiger partial charge < -0.3 is 0 Å². The molecule has 2 saturated carbocycles. The third kappa shape index (κ3) is 5.81. The van der Waals surface area contributed by atoms with Gasteiger partial charge in [-0.3, -0.25) is 0 Å². The zero-order valence-electron chi connectivity index (χ0n) is 14.9. The molecule has 0 nitrogen and oxygen atoms in total. The SMILES string of the molecule is CC(C)CC1CCCCC1SC1CCCCC1CC(C)C. The van der Waals surface area contributed by atoms with Gasteiger partial charge in [-0.05, 0) is 62.2 Å². The molecule has 0 heterocycles. The topological polar surface area (TPSA) is 0 Å². The Hall–Kier alpha value is 0.350. The Labute approximate surface area is 138 Å². The molecule has 124 valence electrons. The van der Waals surface area contributed by atoms with Gasteiger partial charge in [0.05, 0.1) is 0 Å². The summed E-state index contributed by atoms with van der Waals surface area (Å²) < 4.78 is 0. The van der Waals surface area contributed by atoms with Crippen LogP contribution in [0.1, 0.15) is 91.9 Å². The largest absolute Gasteiger partial charge is 0.155 e. The van der Waals surface area contributed by atoms with Crippen molar-refractivity contribution in [2.24, 2.45) is 23.7 Å². The van der Waals surface area contributed by atoms with E-state index in [1.165, 1.54) is 64.2 Å². The van der Waals surface area contributed by atoms with Crippen molar-refractivity contribution in [2.45, 2.75) is 102 Å². The highest BCUT2D eigenvalue weighted by Gasteiger charge is 2.33. The highest BCUT2D eigenvalue weighted by molar-refractivity contribution is 8.00.